The smallest absolute Gasteiger partial charge is 0.409 e. The number of ether oxygens (including phenoxy) is 1. The number of hydrogen-bond acceptors (Lipinski definition) is 4. The highest BCUT2D eigenvalue weighted by molar-refractivity contribution is 5.82. The highest BCUT2D eigenvalue weighted by Crippen LogP contribution is 2.26. The molecule has 0 saturated carbocycles. The molecule has 6 nitrogen and oxygen atoms in total. The normalized spacial score (nSPS) is 14.3. The van der Waals surface area contributed by atoms with Crippen LogP contribution in [0.1, 0.15) is 11.1 Å². The Labute approximate surface area is 147 Å². The van der Waals surface area contributed by atoms with Gasteiger partial charge >= 0.3 is 6.09 Å². The highest BCUT2D eigenvalue weighted by Gasteiger charge is 2.15. The molecule has 0 atom stereocenters. The number of morpholine rings is 1. The van der Waals surface area contributed by atoms with E-state index in [1.54, 1.807) is 6.07 Å². The minimum Gasteiger partial charge on any atom is -0.465 e. The SMILES string of the molecule is Nc1ccc(N2CCOCC2)c(CCc2cccc(NC(=O)O)c2)c1. The summed E-state index contributed by atoms with van der Waals surface area (Å²) in [6.45, 7) is 3.25. The molecular formula is C19H23N3O3. The Bertz CT molecular complexity index is 742. The van der Waals surface area contributed by atoms with Gasteiger partial charge in [-0.2, -0.15) is 0 Å². The number of anilines is 3. The number of nitrogen functional groups attached to an aromatic ring is 1. The molecule has 1 amide bonds. The van der Waals surface area contributed by atoms with Crippen molar-refractivity contribution in [2.24, 2.45) is 0 Å². The Morgan fingerprint density at radius 3 is 2.72 bits per heavy atom. The lowest BCUT2D eigenvalue weighted by Gasteiger charge is -2.31. The number of amides is 1. The van der Waals surface area contributed by atoms with Crippen LogP contribution in [0.25, 0.3) is 0 Å². The molecule has 1 aliphatic heterocycles. The van der Waals surface area contributed by atoms with E-state index in [1.165, 1.54) is 11.3 Å². The van der Waals surface area contributed by atoms with Crippen LogP contribution >= 0.6 is 0 Å². The van der Waals surface area contributed by atoms with Crippen molar-refractivity contribution in [3.63, 3.8) is 0 Å². The third-order valence-corrected chi connectivity index (χ3v) is 4.32. The van der Waals surface area contributed by atoms with Crippen molar-refractivity contribution < 1.29 is 14.6 Å². The maximum absolute atomic E-state index is 10.8. The number of hydrogen-bond donors (Lipinski definition) is 3. The zero-order chi connectivity index (χ0) is 17.6. The lowest BCUT2D eigenvalue weighted by molar-refractivity contribution is 0.122. The van der Waals surface area contributed by atoms with Crippen LogP contribution in [0.15, 0.2) is 42.5 Å². The second-order valence-electron chi connectivity index (χ2n) is 6.12. The van der Waals surface area contributed by atoms with Crippen LogP contribution in [0.3, 0.4) is 0 Å². The number of nitrogens with zero attached hydrogens (tertiary/aromatic N) is 1. The lowest BCUT2D eigenvalue weighted by atomic mass is 10.0. The van der Waals surface area contributed by atoms with Gasteiger partial charge in [0.15, 0.2) is 0 Å². The predicted octanol–water partition coefficient (Wildman–Crippen LogP) is 2.98. The van der Waals surface area contributed by atoms with Crippen LogP contribution in [0.4, 0.5) is 21.9 Å². The zero-order valence-electron chi connectivity index (χ0n) is 14.1. The Morgan fingerprint density at radius 1 is 1.16 bits per heavy atom. The number of carbonyl (C=O) groups is 1. The van der Waals surface area contributed by atoms with Gasteiger partial charge in [0.1, 0.15) is 0 Å². The van der Waals surface area contributed by atoms with Gasteiger partial charge < -0.3 is 20.5 Å². The summed E-state index contributed by atoms with van der Waals surface area (Å²) in [4.78, 5) is 13.1. The molecular weight excluding hydrogens is 318 g/mol. The summed E-state index contributed by atoms with van der Waals surface area (Å²) >= 11 is 0. The van der Waals surface area contributed by atoms with Crippen LogP contribution in [0.2, 0.25) is 0 Å². The van der Waals surface area contributed by atoms with E-state index in [0.29, 0.717) is 5.69 Å². The Morgan fingerprint density at radius 2 is 1.96 bits per heavy atom. The molecule has 0 aromatic heterocycles. The Kier molecular flexibility index (Phi) is 5.40. The van der Waals surface area contributed by atoms with Gasteiger partial charge in [0.25, 0.3) is 0 Å². The number of nitrogens with one attached hydrogen (secondary N) is 1. The van der Waals surface area contributed by atoms with Crippen LogP contribution in [0, 0.1) is 0 Å². The van der Waals surface area contributed by atoms with E-state index in [9.17, 15) is 4.79 Å². The van der Waals surface area contributed by atoms with Gasteiger partial charge in [-0.15, -0.1) is 0 Å². The first-order valence-electron chi connectivity index (χ1n) is 8.42. The van der Waals surface area contributed by atoms with E-state index < -0.39 is 6.09 Å². The molecule has 0 unspecified atom stereocenters. The summed E-state index contributed by atoms with van der Waals surface area (Å²) in [5.74, 6) is 0. The monoisotopic (exact) mass is 341 g/mol. The maximum atomic E-state index is 10.8. The molecule has 1 heterocycles. The summed E-state index contributed by atoms with van der Waals surface area (Å²) in [5.41, 5.74) is 10.8. The number of carboxylic acid groups (broad SMARTS) is 1. The molecule has 4 N–H and O–H groups in total. The zero-order valence-corrected chi connectivity index (χ0v) is 14.1. The fourth-order valence-electron chi connectivity index (χ4n) is 3.13. The van der Waals surface area contributed by atoms with E-state index >= 15 is 0 Å². The quantitative estimate of drug-likeness (QED) is 0.728. The van der Waals surface area contributed by atoms with Crippen LogP contribution in [0.5, 0.6) is 0 Å². The molecule has 0 bridgehead atoms. The molecule has 2 aromatic carbocycles. The fraction of sp³-hybridized carbons (Fsp3) is 0.316. The van der Waals surface area contributed by atoms with E-state index in [-0.39, 0.29) is 0 Å². The molecule has 25 heavy (non-hydrogen) atoms. The van der Waals surface area contributed by atoms with Crippen molar-refractivity contribution in [3.05, 3.63) is 53.6 Å². The van der Waals surface area contributed by atoms with E-state index in [2.05, 4.69) is 16.3 Å². The average molecular weight is 341 g/mol. The molecule has 3 rings (SSSR count). The molecule has 0 spiro atoms. The Balaban J connectivity index is 1.74. The third kappa shape index (κ3) is 4.64. The van der Waals surface area contributed by atoms with E-state index in [1.807, 2.05) is 30.3 Å². The molecule has 1 saturated heterocycles. The van der Waals surface area contributed by atoms with Crippen molar-refractivity contribution >= 4 is 23.2 Å². The first kappa shape index (κ1) is 17.1. The third-order valence-electron chi connectivity index (χ3n) is 4.32. The van der Waals surface area contributed by atoms with E-state index in [4.69, 9.17) is 15.6 Å². The largest absolute Gasteiger partial charge is 0.465 e. The summed E-state index contributed by atoms with van der Waals surface area (Å²) < 4.78 is 5.44. The fourth-order valence-corrected chi connectivity index (χ4v) is 3.13. The van der Waals surface area contributed by atoms with Crippen LogP contribution in [-0.2, 0) is 17.6 Å². The summed E-state index contributed by atoms with van der Waals surface area (Å²) in [7, 11) is 0. The van der Waals surface area contributed by atoms with Gasteiger partial charge in [0.05, 0.1) is 13.2 Å². The van der Waals surface area contributed by atoms with Crippen molar-refractivity contribution in [1.82, 2.24) is 0 Å². The molecule has 1 fully saturated rings. The lowest BCUT2D eigenvalue weighted by Crippen LogP contribution is -2.36. The van der Waals surface area contributed by atoms with Crippen molar-refractivity contribution in [1.29, 1.82) is 0 Å². The van der Waals surface area contributed by atoms with Crippen molar-refractivity contribution in [2.45, 2.75) is 12.8 Å². The average Bonchev–Trinajstić information content (AvgIpc) is 2.60. The van der Waals surface area contributed by atoms with Crippen LogP contribution in [-0.4, -0.2) is 37.5 Å². The summed E-state index contributed by atoms with van der Waals surface area (Å²) in [6.07, 6.45) is 0.604. The molecule has 1 aliphatic rings. The van der Waals surface area contributed by atoms with Crippen LogP contribution < -0.4 is 16.0 Å². The molecule has 2 aromatic rings. The topological polar surface area (TPSA) is 87.8 Å². The molecule has 132 valence electrons. The van der Waals surface area contributed by atoms with E-state index in [0.717, 1.165) is 50.4 Å². The highest BCUT2D eigenvalue weighted by atomic mass is 16.5. The van der Waals surface area contributed by atoms with Gasteiger partial charge in [0, 0.05) is 30.2 Å². The second-order valence-corrected chi connectivity index (χ2v) is 6.12. The number of rotatable bonds is 5. The van der Waals surface area contributed by atoms with Gasteiger partial charge in [-0.25, -0.2) is 4.79 Å². The molecule has 0 radical (unpaired) electrons. The first-order valence-corrected chi connectivity index (χ1v) is 8.42. The minimum absolute atomic E-state index is 0.589. The standard InChI is InChI=1S/C19H23N3O3/c20-16-6-7-18(22-8-10-25-11-9-22)15(13-16)5-4-14-2-1-3-17(12-14)21-19(23)24/h1-3,6-7,12-13,21H,4-5,8-11,20H2,(H,23,24). The molecule has 0 aliphatic carbocycles. The first-order chi connectivity index (χ1) is 12.1. The van der Waals surface area contributed by atoms with Gasteiger partial charge in [-0.3, -0.25) is 5.32 Å². The number of benzene rings is 2. The van der Waals surface area contributed by atoms with Crippen molar-refractivity contribution in [2.75, 3.05) is 42.3 Å². The second kappa shape index (κ2) is 7.90. The predicted molar refractivity (Wildman–Crippen MR) is 99.4 cm³/mol. The van der Waals surface area contributed by atoms with Crippen molar-refractivity contribution in [3.8, 4) is 0 Å². The summed E-state index contributed by atoms with van der Waals surface area (Å²) in [5, 5.41) is 11.2. The number of aryl methyl sites for hydroxylation is 2. The minimum atomic E-state index is -1.05. The maximum Gasteiger partial charge on any atom is 0.409 e. The summed E-state index contributed by atoms with van der Waals surface area (Å²) in [6, 6.07) is 13.5. The Hall–Kier alpha value is -2.73. The number of nitrogens with two attached hydrogens (primary N) is 1. The van der Waals surface area contributed by atoms with Gasteiger partial charge in [-0.05, 0) is 54.3 Å². The van der Waals surface area contributed by atoms with Gasteiger partial charge in [0.2, 0.25) is 0 Å². The molecule has 6 heteroatoms. The van der Waals surface area contributed by atoms with Gasteiger partial charge in [-0.1, -0.05) is 12.1 Å².